The van der Waals surface area contributed by atoms with Gasteiger partial charge in [-0.3, -0.25) is 4.79 Å². The number of aliphatic hydroxyl groups excluding tert-OH is 1. The van der Waals surface area contributed by atoms with Gasteiger partial charge in [-0.25, -0.2) is 0 Å². The average molecular weight is 355 g/mol. The van der Waals surface area contributed by atoms with E-state index in [4.69, 9.17) is 4.74 Å². The summed E-state index contributed by atoms with van der Waals surface area (Å²) in [6.45, 7) is 5.55. The fourth-order valence-corrected chi connectivity index (χ4v) is 2.79. The molecule has 0 spiro atoms. The number of hydrogen-bond acceptors (Lipinski definition) is 4. The molecule has 4 nitrogen and oxygen atoms in total. The van der Waals surface area contributed by atoms with Gasteiger partial charge in [-0.15, -0.1) is 0 Å². The molecule has 0 bridgehead atoms. The number of hydrogen-bond donors (Lipinski definition) is 2. The minimum Gasteiger partial charge on any atom is -0.389 e. The molecule has 0 saturated heterocycles. The van der Waals surface area contributed by atoms with Crippen LogP contribution < -0.4 is 5.32 Å². The van der Waals surface area contributed by atoms with Crippen molar-refractivity contribution >= 4 is 5.78 Å². The van der Waals surface area contributed by atoms with Crippen LogP contribution in [0.3, 0.4) is 0 Å². The van der Waals surface area contributed by atoms with Gasteiger partial charge in [-0.05, 0) is 31.0 Å². The maximum absolute atomic E-state index is 12.9. The quantitative estimate of drug-likeness (QED) is 0.480. The number of carbonyl (C=O) groups is 1. The van der Waals surface area contributed by atoms with Crippen LogP contribution in [0.5, 0.6) is 0 Å². The molecule has 4 heteroatoms. The predicted octanol–water partition coefficient (Wildman–Crippen LogP) is 3.17. The van der Waals surface area contributed by atoms with Crippen LogP contribution in [0, 0.1) is 6.92 Å². The van der Waals surface area contributed by atoms with Crippen molar-refractivity contribution in [1.82, 2.24) is 5.32 Å². The van der Waals surface area contributed by atoms with Gasteiger partial charge in [0.05, 0.1) is 12.7 Å². The predicted molar refractivity (Wildman–Crippen MR) is 105 cm³/mol. The molecule has 0 aliphatic rings. The number of ether oxygens (including phenoxy) is 1. The number of nitrogens with one attached hydrogen (secondary N) is 1. The number of carbonyl (C=O) groups excluding carboxylic acids is 1. The van der Waals surface area contributed by atoms with Gasteiger partial charge in [0.15, 0.2) is 5.78 Å². The summed E-state index contributed by atoms with van der Waals surface area (Å²) in [5.41, 5.74) is 2.84. The third kappa shape index (κ3) is 6.37. The minimum atomic E-state index is -0.635. The summed E-state index contributed by atoms with van der Waals surface area (Å²) in [7, 11) is 0. The first-order valence-electron chi connectivity index (χ1n) is 9.26. The topological polar surface area (TPSA) is 58.6 Å². The van der Waals surface area contributed by atoms with Gasteiger partial charge < -0.3 is 15.2 Å². The van der Waals surface area contributed by atoms with Crippen LogP contribution in [0.25, 0.3) is 0 Å². The van der Waals surface area contributed by atoms with Gasteiger partial charge in [0.2, 0.25) is 0 Å². The number of aryl methyl sites for hydroxylation is 1. The molecule has 2 aromatic rings. The lowest BCUT2D eigenvalue weighted by Gasteiger charge is -2.20. The Bertz CT molecular complexity index is 672. The SMILES string of the molecule is CCCNCC(O)COC(Cc1ccccc1C)C(=O)c1ccccc1. The molecular formula is C22H29NO3. The molecule has 0 aliphatic carbocycles. The lowest BCUT2D eigenvalue weighted by Crippen LogP contribution is -2.35. The second-order valence-corrected chi connectivity index (χ2v) is 6.54. The molecule has 0 aromatic heterocycles. The van der Waals surface area contributed by atoms with E-state index in [0.29, 0.717) is 18.5 Å². The Morgan fingerprint density at radius 1 is 1.12 bits per heavy atom. The zero-order valence-corrected chi connectivity index (χ0v) is 15.7. The van der Waals surface area contributed by atoms with E-state index in [1.807, 2.05) is 49.4 Å². The first kappa shape index (κ1) is 20.3. The molecule has 26 heavy (non-hydrogen) atoms. The number of Topliss-reactive ketones (excluding diaryl/α,β-unsaturated/α-hetero) is 1. The Kier molecular flexibility index (Phi) is 8.48. The Morgan fingerprint density at radius 3 is 2.50 bits per heavy atom. The second-order valence-electron chi connectivity index (χ2n) is 6.54. The van der Waals surface area contributed by atoms with Crippen LogP contribution in [-0.4, -0.2) is 42.8 Å². The molecule has 0 amide bonds. The van der Waals surface area contributed by atoms with E-state index in [2.05, 4.69) is 12.2 Å². The van der Waals surface area contributed by atoms with E-state index in [9.17, 15) is 9.90 Å². The van der Waals surface area contributed by atoms with Gasteiger partial charge in [0, 0.05) is 18.5 Å². The fraction of sp³-hybridized carbons (Fsp3) is 0.409. The maximum Gasteiger partial charge on any atom is 0.191 e. The first-order chi connectivity index (χ1) is 12.6. The molecule has 2 unspecified atom stereocenters. The number of benzene rings is 2. The van der Waals surface area contributed by atoms with Crippen LogP contribution in [-0.2, 0) is 11.2 Å². The fourth-order valence-electron chi connectivity index (χ4n) is 2.79. The standard InChI is InChI=1S/C22H29NO3/c1-3-13-23-15-20(24)16-26-21(14-19-12-8-7-9-17(19)2)22(25)18-10-5-4-6-11-18/h4-12,20-21,23-24H,3,13-16H2,1-2H3. The van der Waals surface area contributed by atoms with Crippen molar-refractivity contribution in [2.24, 2.45) is 0 Å². The van der Waals surface area contributed by atoms with Crippen LogP contribution in [0.2, 0.25) is 0 Å². The van der Waals surface area contributed by atoms with Gasteiger partial charge >= 0.3 is 0 Å². The summed E-state index contributed by atoms with van der Waals surface area (Å²) in [6.07, 6.45) is 0.259. The lowest BCUT2D eigenvalue weighted by molar-refractivity contribution is -0.00166. The molecule has 0 saturated carbocycles. The van der Waals surface area contributed by atoms with Crippen LogP contribution >= 0.6 is 0 Å². The van der Waals surface area contributed by atoms with Crippen LogP contribution in [0.15, 0.2) is 54.6 Å². The van der Waals surface area contributed by atoms with E-state index >= 15 is 0 Å². The zero-order chi connectivity index (χ0) is 18.8. The van der Waals surface area contributed by atoms with Gasteiger partial charge in [-0.2, -0.15) is 0 Å². The lowest BCUT2D eigenvalue weighted by atomic mass is 9.97. The van der Waals surface area contributed by atoms with E-state index in [0.717, 1.165) is 24.1 Å². The molecule has 0 aliphatic heterocycles. The molecule has 0 fully saturated rings. The molecule has 0 radical (unpaired) electrons. The number of ketones is 1. The zero-order valence-electron chi connectivity index (χ0n) is 15.7. The Morgan fingerprint density at radius 2 is 1.81 bits per heavy atom. The van der Waals surface area contributed by atoms with E-state index < -0.39 is 12.2 Å². The minimum absolute atomic E-state index is 0.0532. The van der Waals surface area contributed by atoms with Gasteiger partial charge in [-0.1, -0.05) is 61.5 Å². The summed E-state index contributed by atoms with van der Waals surface area (Å²) in [4.78, 5) is 12.9. The van der Waals surface area contributed by atoms with E-state index in [1.165, 1.54) is 0 Å². The molecule has 0 heterocycles. The van der Waals surface area contributed by atoms with Crippen LogP contribution in [0.4, 0.5) is 0 Å². The normalized spacial score (nSPS) is 13.3. The summed E-state index contributed by atoms with van der Waals surface area (Å²) in [5.74, 6) is -0.0532. The number of aliphatic hydroxyl groups is 1. The third-order valence-corrected chi connectivity index (χ3v) is 4.31. The monoisotopic (exact) mass is 355 g/mol. The second kappa shape index (κ2) is 10.9. The van der Waals surface area contributed by atoms with Crippen molar-refractivity contribution in [3.63, 3.8) is 0 Å². The highest BCUT2D eigenvalue weighted by molar-refractivity contribution is 5.99. The first-order valence-corrected chi connectivity index (χ1v) is 9.26. The van der Waals surface area contributed by atoms with Crippen LogP contribution in [0.1, 0.15) is 34.8 Å². The number of rotatable bonds is 11. The smallest absolute Gasteiger partial charge is 0.191 e. The highest BCUT2D eigenvalue weighted by Crippen LogP contribution is 2.15. The third-order valence-electron chi connectivity index (χ3n) is 4.31. The summed E-state index contributed by atoms with van der Waals surface area (Å²) >= 11 is 0. The van der Waals surface area contributed by atoms with Gasteiger partial charge in [0.1, 0.15) is 6.10 Å². The summed E-state index contributed by atoms with van der Waals surface area (Å²) in [6, 6.07) is 17.2. The molecule has 140 valence electrons. The van der Waals surface area contributed by atoms with Crippen molar-refractivity contribution in [3.8, 4) is 0 Å². The van der Waals surface area contributed by atoms with Crippen molar-refractivity contribution in [2.75, 3.05) is 19.7 Å². The van der Waals surface area contributed by atoms with Crippen molar-refractivity contribution in [3.05, 3.63) is 71.3 Å². The van der Waals surface area contributed by atoms with Gasteiger partial charge in [0.25, 0.3) is 0 Å². The van der Waals surface area contributed by atoms with E-state index in [-0.39, 0.29) is 12.4 Å². The molecule has 2 aromatic carbocycles. The summed E-state index contributed by atoms with van der Waals surface area (Å²) < 4.78 is 5.87. The molecule has 2 N–H and O–H groups in total. The van der Waals surface area contributed by atoms with Crippen molar-refractivity contribution < 1.29 is 14.6 Å². The largest absolute Gasteiger partial charge is 0.389 e. The Hall–Kier alpha value is -2.01. The van der Waals surface area contributed by atoms with Crippen molar-refractivity contribution in [1.29, 1.82) is 0 Å². The highest BCUT2D eigenvalue weighted by atomic mass is 16.5. The molecule has 2 rings (SSSR count). The maximum atomic E-state index is 12.9. The highest BCUT2D eigenvalue weighted by Gasteiger charge is 2.23. The molecule has 2 atom stereocenters. The Labute approximate surface area is 156 Å². The van der Waals surface area contributed by atoms with E-state index in [1.54, 1.807) is 12.1 Å². The van der Waals surface area contributed by atoms with Crippen molar-refractivity contribution in [2.45, 2.75) is 38.9 Å². The summed E-state index contributed by atoms with van der Waals surface area (Å²) in [5, 5.41) is 13.3. The molecular weight excluding hydrogens is 326 g/mol. The average Bonchev–Trinajstić information content (AvgIpc) is 2.67. The Balaban J connectivity index is 2.06.